The van der Waals surface area contributed by atoms with Crippen LogP contribution in [-0.4, -0.2) is 5.71 Å². The standard InChI is InChI=1S/C26H24BrNO2/c1-17-11-18(2)23(19(3)12-17)15-24(28-29-16-20-7-5-4-6-8-20)26-14-21-13-22(27)9-10-25(21)30-26/h4-14H,15-16H2,1-3H3/b28-24+. The number of rotatable bonds is 6. The molecule has 0 spiro atoms. The highest BCUT2D eigenvalue weighted by Gasteiger charge is 2.16. The van der Waals surface area contributed by atoms with E-state index in [1.807, 2.05) is 54.6 Å². The molecule has 152 valence electrons. The number of halogens is 1. The van der Waals surface area contributed by atoms with E-state index < -0.39 is 0 Å². The molecule has 4 rings (SSSR count). The molecule has 0 aliphatic heterocycles. The van der Waals surface area contributed by atoms with Crippen LogP contribution in [0.2, 0.25) is 0 Å². The molecule has 3 aromatic carbocycles. The molecule has 0 aliphatic carbocycles. The van der Waals surface area contributed by atoms with E-state index in [9.17, 15) is 0 Å². The molecule has 30 heavy (non-hydrogen) atoms. The van der Waals surface area contributed by atoms with Gasteiger partial charge in [-0.1, -0.05) is 69.1 Å². The number of hydrogen-bond donors (Lipinski definition) is 0. The second-order valence-corrected chi connectivity index (χ2v) is 8.56. The third-order valence-corrected chi connectivity index (χ3v) is 5.69. The molecule has 0 unspecified atom stereocenters. The highest BCUT2D eigenvalue weighted by atomic mass is 79.9. The smallest absolute Gasteiger partial charge is 0.153 e. The van der Waals surface area contributed by atoms with Crippen LogP contribution in [0.3, 0.4) is 0 Å². The normalized spacial score (nSPS) is 11.8. The van der Waals surface area contributed by atoms with Crippen LogP contribution in [0, 0.1) is 20.8 Å². The van der Waals surface area contributed by atoms with Crippen LogP contribution in [-0.2, 0) is 17.9 Å². The van der Waals surface area contributed by atoms with E-state index in [-0.39, 0.29) is 0 Å². The Morgan fingerprint density at radius 3 is 2.40 bits per heavy atom. The number of furan rings is 1. The summed E-state index contributed by atoms with van der Waals surface area (Å²) in [4.78, 5) is 5.75. The van der Waals surface area contributed by atoms with Gasteiger partial charge >= 0.3 is 0 Å². The summed E-state index contributed by atoms with van der Waals surface area (Å²) in [6.45, 7) is 6.84. The number of fused-ring (bicyclic) bond motifs is 1. The second-order valence-electron chi connectivity index (χ2n) is 7.64. The lowest BCUT2D eigenvalue weighted by molar-refractivity contribution is 0.130. The Balaban J connectivity index is 1.69. The van der Waals surface area contributed by atoms with Crippen LogP contribution < -0.4 is 0 Å². The van der Waals surface area contributed by atoms with Crippen molar-refractivity contribution in [3.8, 4) is 0 Å². The van der Waals surface area contributed by atoms with E-state index in [1.54, 1.807) is 0 Å². The molecule has 0 saturated carbocycles. The number of hydrogen-bond acceptors (Lipinski definition) is 3. The average Bonchev–Trinajstić information content (AvgIpc) is 3.13. The zero-order chi connectivity index (χ0) is 21.1. The lowest BCUT2D eigenvalue weighted by Crippen LogP contribution is -2.08. The van der Waals surface area contributed by atoms with Gasteiger partial charge in [-0.2, -0.15) is 0 Å². The Morgan fingerprint density at radius 2 is 1.67 bits per heavy atom. The Bertz CT molecular complexity index is 1190. The average molecular weight is 462 g/mol. The number of nitrogens with zero attached hydrogens (tertiary/aromatic N) is 1. The predicted molar refractivity (Wildman–Crippen MR) is 126 cm³/mol. The van der Waals surface area contributed by atoms with Crippen molar-refractivity contribution >= 4 is 32.6 Å². The fourth-order valence-electron chi connectivity index (χ4n) is 3.74. The molecule has 0 radical (unpaired) electrons. The van der Waals surface area contributed by atoms with Gasteiger partial charge in [0.2, 0.25) is 0 Å². The molecule has 3 nitrogen and oxygen atoms in total. The highest BCUT2D eigenvalue weighted by molar-refractivity contribution is 9.10. The molecule has 0 saturated heterocycles. The first-order valence-corrected chi connectivity index (χ1v) is 10.8. The molecule has 0 aliphatic rings. The van der Waals surface area contributed by atoms with Crippen molar-refractivity contribution in [2.45, 2.75) is 33.8 Å². The number of oxime groups is 1. The van der Waals surface area contributed by atoms with Crippen LogP contribution in [0.4, 0.5) is 0 Å². The maximum absolute atomic E-state index is 6.13. The van der Waals surface area contributed by atoms with Crippen molar-refractivity contribution < 1.29 is 9.25 Å². The van der Waals surface area contributed by atoms with E-state index >= 15 is 0 Å². The summed E-state index contributed by atoms with van der Waals surface area (Å²) < 4.78 is 7.15. The van der Waals surface area contributed by atoms with Crippen molar-refractivity contribution in [2.75, 3.05) is 0 Å². The monoisotopic (exact) mass is 461 g/mol. The SMILES string of the molecule is Cc1cc(C)c(C/C(=N\OCc2ccccc2)c2cc3cc(Br)ccc3o2)c(C)c1. The maximum atomic E-state index is 6.13. The molecule has 0 amide bonds. The summed E-state index contributed by atoms with van der Waals surface area (Å²) in [5, 5.41) is 5.55. The van der Waals surface area contributed by atoms with Gasteiger partial charge in [-0.15, -0.1) is 0 Å². The summed E-state index contributed by atoms with van der Waals surface area (Å²) in [7, 11) is 0. The van der Waals surface area contributed by atoms with Crippen LogP contribution in [0.1, 0.15) is 33.6 Å². The minimum atomic E-state index is 0.419. The molecule has 0 fully saturated rings. The van der Waals surface area contributed by atoms with Crippen molar-refractivity contribution in [1.82, 2.24) is 0 Å². The van der Waals surface area contributed by atoms with Gasteiger partial charge < -0.3 is 9.25 Å². The molecule has 1 heterocycles. The van der Waals surface area contributed by atoms with Gasteiger partial charge in [0, 0.05) is 16.3 Å². The Hall–Kier alpha value is -2.85. The molecule has 0 bridgehead atoms. The summed E-state index contributed by atoms with van der Waals surface area (Å²) >= 11 is 3.53. The largest absolute Gasteiger partial charge is 0.455 e. The zero-order valence-electron chi connectivity index (χ0n) is 17.4. The van der Waals surface area contributed by atoms with E-state index in [4.69, 9.17) is 9.25 Å². The lowest BCUT2D eigenvalue weighted by atomic mass is 9.95. The van der Waals surface area contributed by atoms with Crippen LogP contribution in [0.5, 0.6) is 0 Å². The summed E-state index contributed by atoms with van der Waals surface area (Å²) in [6, 6.07) is 22.5. The lowest BCUT2D eigenvalue weighted by Gasteiger charge is -2.12. The van der Waals surface area contributed by atoms with Crippen LogP contribution in [0.15, 0.2) is 80.8 Å². The Kier molecular flexibility index (Phi) is 6.05. The minimum Gasteiger partial charge on any atom is -0.455 e. The summed E-state index contributed by atoms with van der Waals surface area (Å²) in [5.74, 6) is 0.732. The van der Waals surface area contributed by atoms with E-state index in [0.29, 0.717) is 13.0 Å². The first kappa shape index (κ1) is 20.4. The van der Waals surface area contributed by atoms with Crippen molar-refractivity contribution in [3.05, 3.63) is 105 Å². The molecule has 4 aromatic rings. The third-order valence-electron chi connectivity index (χ3n) is 5.20. The highest BCUT2D eigenvalue weighted by Crippen LogP contribution is 2.26. The van der Waals surface area contributed by atoms with Gasteiger partial charge in [-0.05, 0) is 67.3 Å². The fraction of sp³-hybridized carbons (Fsp3) is 0.192. The van der Waals surface area contributed by atoms with Gasteiger partial charge in [0.25, 0.3) is 0 Å². The van der Waals surface area contributed by atoms with Crippen LogP contribution >= 0.6 is 15.9 Å². The van der Waals surface area contributed by atoms with E-state index in [1.165, 1.54) is 22.3 Å². The first-order valence-electron chi connectivity index (χ1n) is 9.98. The van der Waals surface area contributed by atoms with Gasteiger partial charge in [0.1, 0.15) is 17.9 Å². The molecular weight excluding hydrogens is 438 g/mol. The summed E-state index contributed by atoms with van der Waals surface area (Å²) in [6.07, 6.45) is 0.647. The van der Waals surface area contributed by atoms with Crippen molar-refractivity contribution in [2.24, 2.45) is 5.16 Å². The third kappa shape index (κ3) is 4.65. The molecule has 1 aromatic heterocycles. The Labute approximate surface area is 185 Å². The van der Waals surface area contributed by atoms with Crippen molar-refractivity contribution in [1.29, 1.82) is 0 Å². The van der Waals surface area contributed by atoms with Crippen molar-refractivity contribution in [3.63, 3.8) is 0 Å². The van der Waals surface area contributed by atoms with Gasteiger partial charge in [-0.3, -0.25) is 0 Å². The first-order chi connectivity index (χ1) is 14.5. The predicted octanol–water partition coefficient (Wildman–Crippen LogP) is 7.28. The number of aryl methyl sites for hydroxylation is 3. The van der Waals surface area contributed by atoms with Gasteiger partial charge in [0.15, 0.2) is 5.76 Å². The van der Waals surface area contributed by atoms with Crippen LogP contribution in [0.25, 0.3) is 11.0 Å². The topological polar surface area (TPSA) is 34.7 Å². The zero-order valence-corrected chi connectivity index (χ0v) is 19.0. The Morgan fingerprint density at radius 1 is 0.933 bits per heavy atom. The fourth-order valence-corrected chi connectivity index (χ4v) is 4.11. The quantitative estimate of drug-likeness (QED) is 0.223. The molecule has 0 atom stereocenters. The maximum Gasteiger partial charge on any atom is 0.153 e. The van der Waals surface area contributed by atoms with Gasteiger partial charge in [-0.25, -0.2) is 0 Å². The van der Waals surface area contributed by atoms with Gasteiger partial charge in [0.05, 0.1) is 0 Å². The molecule has 0 N–H and O–H groups in total. The van der Waals surface area contributed by atoms with E-state index in [0.717, 1.165) is 32.5 Å². The molecular formula is C26H24BrNO2. The molecule has 4 heteroatoms. The minimum absolute atomic E-state index is 0.419. The number of benzene rings is 3. The van der Waals surface area contributed by atoms with E-state index in [2.05, 4.69) is 54.0 Å². The second kappa shape index (κ2) is 8.88. The summed E-state index contributed by atoms with van der Waals surface area (Å²) in [5.41, 5.74) is 7.72.